The molecule has 0 spiro atoms. The highest BCUT2D eigenvalue weighted by atomic mass is 32.3. The van der Waals surface area contributed by atoms with Crippen molar-refractivity contribution in [3.63, 3.8) is 0 Å². The Morgan fingerprint density at radius 1 is 1.24 bits per heavy atom. The molecule has 0 bridgehead atoms. The highest BCUT2D eigenvalue weighted by Gasteiger charge is 2.27. The van der Waals surface area contributed by atoms with Gasteiger partial charge in [-0.1, -0.05) is 18.2 Å². The molecule has 7 heteroatoms. The zero-order valence-electron chi connectivity index (χ0n) is 16.9. The Balaban J connectivity index is 2.00. The van der Waals surface area contributed by atoms with Gasteiger partial charge in [0.05, 0.1) is 12.8 Å². The number of aryl methyl sites for hydroxylation is 1. The van der Waals surface area contributed by atoms with Gasteiger partial charge < -0.3 is 9.30 Å². The summed E-state index contributed by atoms with van der Waals surface area (Å²) in [5, 5.41) is 1.70. The third-order valence-electron chi connectivity index (χ3n) is 5.48. The average Bonchev–Trinajstić information content (AvgIpc) is 3.54. The van der Waals surface area contributed by atoms with Gasteiger partial charge in [0.15, 0.2) is 0 Å². The van der Waals surface area contributed by atoms with Gasteiger partial charge in [0, 0.05) is 41.1 Å². The highest BCUT2D eigenvalue weighted by molar-refractivity contribution is 8.24. The van der Waals surface area contributed by atoms with Crippen molar-refractivity contribution < 1.29 is 13.8 Å². The molecule has 0 radical (unpaired) electrons. The lowest BCUT2D eigenvalue weighted by atomic mass is 9.97. The molecular formula is C22H26N2O4S. The largest absolute Gasteiger partial charge is 0.491 e. The molecule has 0 aliphatic heterocycles. The average molecular weight is 415 g/mol. The summed E-state index contributed by atoms with van der Waals surface area (Å²) in [6, 6.07) is 7.46. The molecule has 3 aromatic rings. The Morgan fingerprint density at radius 3 is 2.59 bits per heavy atom. The number of pyridine rings is 2. The summed E-state index contributed by atoms with van der Waals surface area (Å²) in [6.45, 7) is 4.18. The van der Waals surface area contributed by atoms with Gasteiger partial charge in [-0.2, -0.15) is 10.6 Å². The van der Waals surface area contributed by atoms with Crippen LogP contribution in [0.5, 0.6) is 5.75 Å². The van der Waals surface area contributed by atoms with Crippen LogP contribution in [0.15, 0.2) is 46.5 Å². The van der Waals surface area contributed by atoms with E-state index >= 15 is 0 Å². The van der Waals surface area contributed by atoms with Gasteiger partial charge in [0.1, 0.15) is 10.8 Å². The monoisotopic (exact) mass is 414 g/mol. The quantitative estimate of drug-likeness (QED) is 0.604. The smallest absolute Gasteiger partial charge is 0.258 e. The summed E-state index contributed by atoms with van der Waals surface area (Å²) in [5.74, 6) is 1.36. The van der Waals surface area contributed by atoms with Crippen molar-refractivity contribution >= 4 is 21.4 Å². The minimum atomic E-state index is -3.00. The van der Waals surface area contributed by atoms with Gasteiger partial charge in [-0.15, -0.1) is 0 Å². The lowest BCUT2D eigenvalue weighted by Gasteiger charge is -2.32. The number of aromatic nitrogens is 2. The summed E-state index contributed by atoms with van der Waals surface area (Å²) in [5.41, 5.74) is 2.18. The van der Waals surface area contributed by atoms with Gasteiger partial charge in [-0.05, 0) is 44.1 Å². The van der Waals surface area contributed by atoms with E-state index in [-0.39, 0.29) is 16.3 Å². The fraction of sp³-hybridized carbons (Fsp3) is 0.364. The van der Waals surface area contributed by atoms with Crippen molar-refractivity contribution in [2.45, 2.75) is 31.7 Å². The van der Waals surface area contributed by atoms with E-state index in [0.29, 0.717) is 29.2 Å². The lowest BCUT2D eigenvalue weighted by molar-refractivity contribution is 0.299. The second-order valence-electron chi connectivity index (χ2n) is 7.64. The van der Waals surface area contributed by atoms with Crippen molar-refractivity contribution in [2.75, 3.05) is 12.4 Å². The number of hydrogen-bond donors (Lipinski definition) is 2. The van der Waals surface area contributed by atoms with E-state index in [1.54, 1.807) is 30.9 Å². The van der Waals surface area contributed by atoms with Gasteiger partial charge in [0.25, 0.3) is 5.56 Å². The summed E-state index contributed by atoms with van der Waals surface area (Å²) in [4.78, 5) is 17.0. The second-order valence-corrected chi connectivity index (χ2v) is 9.94. The van der Waals surface area contributed by atoms with E-state index in [0.717, 1.165) is 16.5 Å². The van der Waals surface area contributed by atoms with Crippen LogP contribution >= 0.6 is 10.6 Å². The van der Waals surface area contributed by atoms with Crippen LogP contribution in [0.4, 0.5) is 0 Å². The van der Waals surface area contributed by atoms with Crippen molar-refractivity contribution in [2.24, 2.45) is 13.0 Å². The fourth-order valence-corrected chi connectivity index (χ4v) is 4.68. The first-order valence-electron chi connectivity index (χ1n) is 9.80. The van der Waals surface area contributed by atoms with Crippen LogP contribution < -0.4 is 10.3 Å². The normalized spacial score (nSPS) is 14.9. The van der Waals surface area contributed by atoms with Crippen molar-refractivity contribution in [1.82, 2.24) is 9.55 Å². The molecule has 1 aliphatic rings. The molecule has 2 N–H and O–H groups in total. The van der Waals surface area contributed by atoms with Crippen molar-refractivity contribution in [3.05, 3.63) is 52.6 Å². The summed E-state index contributed by atoms with van der Waals surface area (Å²) in [7, 11) is -1.28. The molecule has 2 heterocycles. The van der Waals surface area contributed by atoms with Crippen LogP contribution in [0, 0.1) is 12.8 Å². The Hall–Kier alpha value is -2.35. The van der Waals surface area contributed by atoms with Gasteiger partial charge in [-0.25, -0.2) is 4.98 Å². The van der Waals surface area contributed by atoms with Crippen LogP contribution in [-0.4, -0.2) is 31.0 Å². The molecule has 1 aromatic carbocycles. The van der Waals surface area contributed by atoms with E-state index in [2.05, 4.69) is 4.98 Å². The molecule has 1 aliphatic carbocycles. The number of ether oxygens (including phenoxy) is 1. The third-order valence-corrected chi connectivity index (χ3v) is 7.32. The first-order chi connectivity index (χ1) is 13.8. The van der Waals surface area contributed by atoms with Crippen LogP contribution in [0.1, 0.15) is 25.3 Å². The molecule has 0 atom stereocenters. The number of fused-ring (bicyclic) bond motifs is 1. The van der Waals surface area contributed by atoms with Crippen LogP contribution in [-0.2, 0) is 7.05 Å². The maximum Gasteiger partial charge on any atom is 0.258 e. The Morgan fingerprint density at radius 2 is 1.93 bits per heavy atom. The number of rotatable bonds is 6. The lowest BCUT2D eigenvalue weighted by Crippen LogP contribution is -2.17. The summed E-state index contributed by atoms with van der Waals surface area (Å²) in [6.07, 6.45) is 5.71. The highest BCUT2D eigenvalue weighted by Crippen LogP contribution is 2.51. The predicted octanol–water partition coefficient (Wildman–Crippen LogP) is 4.83. The molecular weight excluding hydrogens is 388 g/mol. The Bertz CT molecular complexity index is 1140. The Kier molecular flexibility index (Phi) is 5.14. The standard InChI is InChI=1S/C22H26N2O4S/c1-4-29(26,27)21-14(2)20(19(11-23-21)28-13-15-9-10-15)18-12-24(3)22(25)17-8-6-5-7-16(17)18/h5-8,11-12,15,26-27H,4,9-10,13H2,1-3H3. The van der Waals surface area contributed by atoms with Crippen molar-refractivity contribution in [3.8, 4) is 16.9 Å². The molecule has 154 valence electrons. The molecule has 0 amide bonds. The molecule has 0 saturated heterocycles. The topological polar surface area (TPSA) is 84.6 Å². The molecule has 4 rings (SSSR count). The van der Waals surface area contributed by atoms with Crippen LogP contribution in [0.25, 0.3) is 21.9 Å². The first kappa shape index (κ1) is 19.9. The van der Waals surface area contributed by atoms with E-state index in [1.165, 1.54) is 12.8 Å². The minimum absolute atomic E-state index is 0.0745. The number of benzene rings is 1. The minimum Gasteiger partial charge on any atom is -0.491 e. The summed E-state index contributed by atoms with van der Waals surface area (Å²) >= 11 is 0. The third kappa shape index (κ3) is 3.66. The Labute approximate surface area is 171 Å². The maximum absolute atomic E-state index is 12.6. The van der Waals surface area contributed by atoms with E-state index < -0.39 is 10.6 Å². The van der Waals surface area contributed by atoms with E-state index in [4.69, 9.17) is 4.74 Å². The second kappa shape index (κ2) is 7.48. The van der Waals surface area contributed by atoms with Gasteiger partial charge >= 0.3 is 0 Å². The SMILES string of the molecule is CCS(O)(O)c1ncc(OCC2CC2)c(-c2cn(C)c(=O)c3ccccc23)c1C. The summed E-state index contributed by atoms with van der Waals surface area (Å²) < 4.78 is 28.8. The van der Waals surface area contributed by atoms with Crippen LogP contribution in [0.2, 0.25) is 0 Å². The zero-order valence-corrected chi connectivity index (χ0v) is 17.7. The van der Waals surface area contributed by atoms with E-state index in [9.17, 15) is 13.9 Å². The first-order valence-corrected chi connectivity index (χ1v) is 11.5. The molecule has 29 heavy (non-hydrogen) atoms. The molecule has 1 fully saturated rings. The maximum atomic E-state index is 12.6. The molecule has 2 aromatic heterocycles. The van der Waals surface area contributed by atoms with Crippen molar-refractivity contribution in [1.29, 1.82) is 0 Å². The fourth-order valence-electron chi connectivity index (χ4n) is 3.59. The van der Waals surface area contributed by atoms with E-state index in [1.807, 2.05) is 31.2 Å². The van der Waals surface area contributed by atoms with Gasteiger partial charge in [0.2, 0.25) is 0 Å². The molecule has 1 saturated carbocycles. The number of nitrogens with zero attached hydrogens (tertiary/aromatic N) is 2. The predicted molar refractivity (Wildman–Crippen MR) is 117 cm³/mol. The number of hydrogen-bond acceptors (Lipinski definition) is 5. The zero-order chi connectivity index (χ0) is 20.8. The molecule has 0 unspecified atom stereocenters. The van der Waals surface area contributed by atoms with Crippen LogP contribution in [0.3, 0.4) is 0 Å². The van der Waals surface area contributed by atoms with Gasteiger partial charge in [-0.3, -0.25) is 13.9 Å². The molecule has 6 nitrogen and oxygen atoms in total.